The van der Waals surface area contributed by atoms with E-state index in [1.54, 1.807) is 6.07 Å². The van der Waals surface area contributed by atoms with E-state index in [0.29, 0.717) is 33.2 Å². The minimum absolute atomic E-state index is 0.239. The average molecular weight is 631 g/mol. The molecule has 208 valence electrons. The smallest absolute Gasteiger partial charge is 0.282 e. The lowest BCUT2D eigenvalue weighted by atomic mass is 10.2. The van der Waals surface area contributed by atoms with E-state index in [1.807, 2.05) is 67.5 Å². The third-order valence-electron chi connectivity index (χ3n) is 6.57. The van der Waals surface area contributed by atoms with Crippen LogP contribution in [0.5, 0.6) is 0 Å². The van der Waals surface area contributed by atoms with Crippen LogP contribution in [0.2, 0.25) is 20.1 Å². The molecule has 0 saturated heterocycles. The molecule has 3 aromatic rings. The van der Waals surface area contributed by atoms with Gasteiger partial charge in [0, 0.05) is 31.3 Å². The summed E-state index contributed by atoms with van der Waals surface area (Å²) < 4.78 is 36.1. The van der Waals surface area contributed by atoms with Crippen molar-refractivity contribution in [1.82, 2.24) is 4.57 Å². The summed E-state index contributed by atoms with van der Waals surface area (Å²) >= 11 is 25.2. The Morgan fingerprint density at radius 3 is 2.10 bits per heavy atom. The van der Waals surface area contributed by atoms with Crippen LogP contribution in [-0.2, 0) is 23.7 Å². The topological polar surface area (TPSA) is 69.7 Å². The molecule has 1 N–H and O–H groups in total. The Hall–Kier alpha value is -2.20. The monoisotopic (exact) mass is 629 g/mol. The van der Waals surface area contributed by atoms with Crippen molar-refractivity contribution in [3.05, 3.63) is 80.3 Å². The first-order chi connectivity index (χ1) is 18.5. The van der Waals surface area contributed by atoms with Crippen molar-refractivity contribution in [3.8, 4) is 0 Å². The number of imidazole rings is 1. The summed E-state index contributed by atoms with van der Waals surface area (Å²) in [5, 5.41) is 1.87. The van der Waals surface area contributed by atoms with E-state index < -0.39 is 10.1 Å². The number of allylic oxidation sites excluding steroid dienone is 4. The molecule has 0 amide bonds. The molecule has 0 aliphatic carbocycles. The SMILES string of the molecule is CCN1C(=CC=CC=Cc2n(CC)c3cc(Cl)c(Cl)cc3[n+]2C)N(CCCS(=O)(=O)O)c2cc(Cl)c(Cl)cc21. The second-order valence-corrected chi connectivity index (χ2v) is 12.2. The van der Waals surface area contributed by atoms with Gasteiger partial charge in [0.2, 0.25) is 0 Å². The number of nitrogens with zero attached hydrogens (tertiary/aromatic N) is 4. The minimum Gasteiger partial charge on any atom is -0.326 e. The van der Waals surface area contributed by atoms with E-state index in [9.17, 15) is 13.0 Å². The molecule has 0 atom stereocenters. The third-order valence-corrected chi connectivity index (χ3v) is 8.82. The van der Waals surface area contributed by atoms with Crippen LogP contribution in [0.4, 0.5) is 11.4 Å². The molecule has 0 fully saturated rings. The number of halogens is 4. The highest BCUT2D eigenvalue weighted by Crippen LogP contribution is 2.45. The number of benzene rings is 2. The number of hydrogen-bond donors (Lipinski definition) is 1. The van der Waals surface area contributed by atoms with Crippen LogP contribution >= 0.6 is 46.4 Å². The standard InChI is InChI=1S/C27H28Cl4N4O3S/c1-4-33-23-15-19(29)18(28)14-22(23)32(3)26(33)10-7-6-8-11-27-34(5-2)24-16-20(30)21(31)17-25(24)35(27)12-9-13-39(36,37)38/h6-8,10-11,14-17H,4-5,9,12-13H2,1-3H3/p+1. The Morgan fingerprint density at radius 1 is 0.872 bits per heavy atom. The van der Waals surface area contributed by atoms with Gasteiger partial charge in [0.05, 0.1) is 50.8 Å². The third kappa shape index (κ3) is 6.26. The number of fused-ring (bicyclic) bond motifs is 2. The Labute approximate surface area is 248 Å². The van der Waals surface area contributed by atoms with E-state index >= 15 is 0 Å². The summed E-state index contributed by atoms with van der Waals surface area (Å²) in [5.74, 6) is 1.50. The number of hydrogen-bond acceptors (Lipinski definition) is 4. The first-order valence-corrected chi connectivity index (χ1v) is 15.5. The number of aryl methyl sites for hydroxylation is 2. The van der Waals surface area contributed by atoms with E-state index in [2.05, 4.69) is 21.0 Å². The Bertz CT molecular complexity index is 1610. The molecule has 4 rings (SSSR count). The summed E-state index contributed by atoms with van der Waals surface area (Å²) in [4.78, 5) is 4.07. The zero-order chi connectivity index (χ0) is 28.5. The molecule has 0 saturated carbocycles. The summed E-state index contributed by atoms with van der Waals surface area (Å²) in [6, 6.07) is 7.34. The molecule has 0 radical (unpaired) electrons. The van der Waals surface area contributed by atoms with Gasteiger partial charge in [-0.2, -0.15) is 8.42 Å². The van der Waals surface area contributed by atoms with Gasteiger partial charge in [-0.25, -0.2) is 9.13 Å². The lowest BCUT2D eigenvalue weighted by molar-refractivity contribution is -0.647. The first-order valence-electron chi connectivity index (χ1n) is 12.4. The lowest BCUT2D eigenvalue weighted by Gasteiger charge is -2.24. The maximum Gasteiger partial charge on any atom is 0.282 e. The van der Waals surface area contributed by atoms with Gasteiger partial charge in [-0.1, -0.05) is 64.6 Å². The molecule has 1 aromatic heterocycles. The summed E-state index contributed by atoms with van der Waals surface area (Å²) in [6.07, 6.45) is 10.0. The van der Waals surface area contributed by atoms with Crippen LogP contribution in [0, 0.1) is 0 Å². The highest BCUT2D eigenvalue weighted by atomic mass is 35.5. The highest BCUT2D eigenvalue weighted by molar-refractivity contribution is 7.85. The summed E-state index contributed by atoms with van der Waals surface area (Å²) in [7, 11) is -2.08. The predicted octanol–water partition coefficient (Wildman–Crippen LogP) is 7.13. The maximum atomic E-state index is 11.3. The van der Waals surface area contributed by atoms with Gasteiger partial charge in [0.1, 0.15) is 5.82 Å². The molecular weight excluding hydrogens is 602 g/mol. The van der Waals surface area contributed by atoms with Gasteiger partial charge in [0.25, 0.3) is 15.9 Å². The fourth-order valence-corrected chi connectivity index (χ4v) is 5.95. The largest absolute Gasteiger partial charge is 0.326 e. The van der Waals surface area contributed by atoms with Crippen LogP contribution in [0.25, 0.3) is 17.1 Å². The van der Waals surface area contributed by atoms with Crippen molar-refractivity contribution in [2.45, 2.75) is 26.8 Å². The molecular formula is C27H29Cl4N4O3S+. The zero-order valence-electron chi connectivity index (χ0n) is 21.7. The van der Waals surface area contributed by atoms with Crippen LogP contribution in [0.3, 0.4) is 0 Å². The van der Waals surface area contributed by atoms with Gasteiger partial charge >= 0.3 is 0 Å². The van der Waals surface area contributed by atoms with Crippen LogP contribution in [-0.4, -0.2) is 36.4 Å². The van der Waals surface area contributed by atoms with E-state index in [0.717, 1.165) is 40.6 Å². The maximum absolute atomic E-state index is 11.3. The van der Waals surface area contributed by atoms with Crippen molar-refractivity contribution >= 4 is 85.0 Å². The molecule has 39 heavy (non-hydrogen) atoms. The molecule has 1 aliphatic heterocycles. The fourth-order valence-electron chi connectivity index (χ4n) is 4.82. The fraction of sp³-hybridized carbons (Fsp3) is 0.296. The normalized spacial score (nSPS) is 15.1. The molecule has 1 aliphatic rings. The van der Waals surface area contributed by atoms with E-state index in [4.69, 9.17) is 46.4 Å². The average Bonchev–Trinajstić information content (AvgIpc) is 3.29. The van der Waals surface area contributed by atoms with Gasteiger partial charge in [0.15, 0.2) is 11.0 Å². The van der Waals surface area contributed by atoms with Gasteiger partial charge in [-0.05, 0) is 38.5 Å². The van der Waals surface area contributed by atoms with Gasteiger partial charge < -0.3 is 9.80 Å². The lowest BCUT2D eigenvalue weighted by Crippen LogP contribution is -2.31. The molecule has 0 unspecified atom stereocenters. The van der Waals surface area contributed by atoms with Crippen LogP contribution in [0.15, 0.2) is 54.4 Å². The Kier molecular flexibility index (Phi) is 9.26. The van der Waals surface area contributed by atoms with Gasteiger partial charge in [-0.15, -0.1) is 0 Å². The molecule has 2 heterocycles. The van der Waals surface area contributed by atoms with Crippen molar-refractivity contribution in [2.75, 3.05) is 28.6 Å². The van der Waals surface area contributed by atoms with Crippen molar-refractivity contribution < 1.29 is 17.5 Å². The number of aromatic nitrogens is 2. The van der Waals surface area contributed by atoms with Crippen LogP contribution < -0.4 is 14.4 Å². The molecule has 0 bridgehead atoms. The quantitative estimate of drug-likeness (QED) is 0.155. The van der Waals surface area contributed by atoms with Crippen molar-refractivity contribution in [2.24, 2.45) is 7.05 Å². The number of rotatable bonds is 9. The second-order valence-electron chi connectivity index (χ2n) is 8.98. The molecule has 12 heteroatoms. The Morgan fingerprint density at radius 2 is 1.49 bits per heavy atom. The highest BCUT2D eigenvalue weighted by Gasteiger charge is 2.31. The molecule has 0 spiro atoms. The minimum atomic E-state index is -4.07. The first kappa shape index (κ1) is 29.8. The second kappa shape index (κ2) is 12.1. The van der Waals surface area contributed by atoms with Crippen molar-refractivity contribution in [3.63, 3.8) is 0 Å². The van der Waals surface area contributed by atoms with E-state index in [1.165, 1.54) is 0 Å². The van der Waals surface area contributed by atoms with Crippen molar-refractivity contribution in [1.29, 1.82) is 0 Å². The summed E-state index contributed by atoms with van der Waals surface area (Å²) in [5.41, 5.74) is 3.69. The molecule has 7 nitrogen and oxygen atoms in total. The van der Waals surface area contributed by atoms with Crippen LogP contribution in [0.1, 0.15) is 26.1 Å². The van der Waals surface area contributed by atoms with Gasteiger partial charge in [-0.3, -0.25) is 4.55 Å². The van der Waals surface area contributed by atoms with E-state index in [-0.39, 0.29) is 12.2 Å². The zero-order valence-corrected chi connectivity index (χ0v) is 25.5. The Balaban J connectivity index is 1.65. The summed E-state index contributed by atoms with van der Waals surface area (Å²) in [6.45, 7) is 5.89. The molecule has 2 aromatic carbocycles. The predicted molar refractivity (Wildman–Crippen MR) is 163 cm³/mol. The number of anilines is 2.